The van der Waals surface area contributed by atoms with Crippen LogP contribution in [0.25, 0.3) is 0 Å². The predicted molar refractivity (Wildman–Crippen MR) is 95.3 cm³/mol. The number of nitrogens with one attached hydrogen (secondary N) is 1. The molecule has 1 aromatic carbocycles. The summed E-state index contributed by atoms with van der Waals surface area (Å²) in [6.45, 7) is 9.51. The Bertz CT molecular complexity index is 715. The molecule has 0 aliphatic carbocycles. The van der Waals surface area contributed by atoms with E-state index in [-0.39, 0.29) is 5.91 Å². The topological polar surface area (TPSA) is 46.4 Å². The number of carbonyl (C=O) groups is 1. The van der Waals surface area contributed by atoms with Crippen molar-refractivity contribution in [2.45, 2.75) is 34.2 Å². The van der Waals surface area contributed by atoms with Gasteiger partial charge in [0, 0.05) is 34.1 Å². The summed E-state index contributed by atoms with van der Waals surface area (Å²) < 4.78 is 2.27. The maximum atomic E-state index is 12.0. The summed E-state index contributed by atoms with van der Waals surface area (Å²) in [6.07, 6.45) is 1.69. The molecule has 1 amide bonds. The predicted octanol–water partition coefficient (Wildman–Crippen LogP) is 4.18. The van der Waals surface area contributed by atoms with Gasteiger partial charge < -0.3 is 4.57 Å². The molecule has 2 aromatic rings. The van der Waals surface area contributed by atoms with Crippen molar-refractivity contribution in [2.24, 2.45) is 11.0 Å². The molecule has 0 aliphatic rings. The Morgan fingerprint density at radius 2 is 1.96 bits per heavy atom. The Hall–Kier alpha value is -2.07. The van der Waals surface area contributed by atoms with E-state index >= 15 is 0 Å². The number of amides is 1. The molecule has 1 aromatic heterocycles. The Kier molecular flexibility index (Phi) is 5.61. The summed E-state index contributed by atoms with van der Waals surface area (Å²) >= 11 is 5.81. The van der Waals surface area contributed by atoms with Gasteiger partial charge in [0.2, 0.25) is 0 Å². The second-order valence-corrected chi connectivity index (χ2v) is 6.47. The van der Waals surface area contributed by atoms with Gasteiger partial charge in [0.05, 0.1) is 6.21 Å². The summed E-state index contributed by atoms with van der Waals surface area (Å²) in [5.74, 6) is 0.322. The number of rotatable bonds is 5. The van der Waals surface area contributed by atoms with Crippen LogP contribution in [-0.2, 0) is 6.54 Å². The molecule has 0 aliphatic heterocycles. The van der Waals surface area contributed by atoms with E-state index in [0.29, 0.717) is 16.5 Å². The molecule has 1 heterocycles. The van der Waals surface area contributed by atoms with Crippen LogP contribution in [0.4, 0.5) is 0 Å². The number of aryl methyl sites for hydroxylation is 1. The quantitative estimate of drug-likeness (QED) is 0.648. The zero-order valence-electron chi connectivity index (χ0n) is 13.9. The number of nitrogens with zero attached hydrogens (tertiary/aromatic N) is 2. The highest BCUT2D eigenvalue weighted by molar-refractivity contribution is 6.30. The van der Waals surface area contributed by atoms with Crippen LogP contribution in [0.15, 0.2) is 35.4 Å². The lowest BCUT2D eigenvalue weighted by Crippen LogP contribution is -2.17. The van der Waals surface area contributed by atoms with E-state index < -0.39 is 0 Å². The van der Waals surface area contributed by atoms with Gasteiger partial charge in [-0.1, -0.05) is 25.4 Å². The first kappa shape index (κ1) is 17.3. The minimum Gasteiger partial charge on any atom is -0.348 e. The minimum absolute atomic E-state index is 0.256. The number of hydrazone groups is 1. The largest absolute Gasteiger partial charge is 0.348 e. The highest BCUT2D eigenvalue weighted by Gasteiger charge is 2.09. The number of halogens is 1. The van der Waals surface area contributed by atoms with E-state index in [1.807, 2.05) is 0 Å². The second kappa shape index (κ2) is 7.47. The molecule has 23 heavy (non-hydrogen) atoms. The number of hydrogen-bond donors (Lipinski definition) is 1. The van der Waals surface area contributed by atoms with Crippen molar-refractivity contribution in [1.29, 1.82) is 0 Å². The average molecular weight is 332 g/mol. The maximum Gasteiger partial charge on any atom is 0.271 e. The Morgan fingerprint density at radius 3 is 2.57 bits per heavy atom. The lowest BCUT2D eigenvalue weighted by Gasteiger charge is -2.11. The van der Waals surface area contributed by atoms with Crippen molar-refractivity contribution in [1.82, 2.24) is 9.99 Å². The first-order valence-electron chi connectivity index (χ1n) is 7.64. The zero-order valence-corrected chi connectivity index (χ0v) is 14.7. The normalized spacial score (nSPS) is 11.4. The third kappa shape index (κ3) is 4.45. The lowest BCUT2D eigenvalue weighted by atomic mass is 10.2. The molecule has 0 fully saturated rings. The summed E-state index contributed by atoms with van der Waals surface area (Å²) in [4.78, 5) is 12.0. The van der Waals surface area contributed by atoms with E-state index in [9.17, 15) is 4.79 Å². The summed E-state index contributed by atoms with van der Waals surface area (Å²) in [6, 6.07) is 8.78. The van der Waals surface area contributed by atoms with Crippen LogP contribution in [0.5, 0.6) is 0 Å². The number of carbonyl (C=O) groups excluding carboxylic acids is 1. The van der Waals surface area contributed by atoms with Gasteiger partial charge in [-0.3, -0.25) is 4.79 Å². The zero-order chi connectivity index (χ0) is 17.0. The number of hydrogen-bond acceptors (Lipinski definition) is 2. The van der Waals surface area contributed by atoms with Crippen LogP contribution in [0.2, 0.25) is 5.02 Å². The van der Waals surface area contributed by atoms with Crippen molar-refractivity contribution in [2.75, 3.05) is 0 Å². The molecule has 0 bridgehead atoms. The number of aromatic nitrogens is 1. The van der Waals surface area contributed by atoms with Crippen LogP contribution in [-0.4, -0.2) is 16.7 Å². The lowest BCUT2D eigenvalue weighted by molar-refractivity contribution is 0.0955. The van der Waals surface area contributed by atoms with Crippen LogP contribution in [0.3, 0.4) is 0 Å². The molecule has 1 N–H and O–H groups in total. The highest BCUT2D eigenvalue weighted by atomic mass is 35.5. The minimum atomic E-state index is -0.256. The van der Waals surface area contributed by atoms with Crippen molar-refractivity contribution in [3.05, 3.63) is 57.9 Å². The van der Waals surface area contributed by atoms with Gasteiger partial charge in [-0.2, -0.15) is 5.10 Å². The third-order valence-electron chi connectivity index (χ3n) is 3.64. The number of benzene rings is 1. The standard InChI is InChI=1S/C18H22ClN3O/c1-12(2)11-22-13(3)9-16(14(22)4)10-20-21-18(23)15-5-7-17(19)8-6-15/h5-10,12H,11H2,1-4H3,(H,21,23). The molecule has 4 nitrogen and oxygen atoms in total. The average Bonchev–Trinajstić information content (AvgIpc) is 2.75. The summed E-state index contributed by atoms with van der Waals surface area (Å²) in [7, 11) is 0. The van der Waals surface area contributed by atoms with Crippen molar-refractivity contribution in [3.8, 4) is 0 Å². The van der Waals surface area contributed by atoms with Crippen LogP contribution in [0.1, 0.15) is 41.2 Å². The monoisotopic (exact) mass is 331 g/mol. The Balaban J connectivity index is 2.06. The first-order chi connectivity index (χ1) is 10.9. The molecule has 0 saturated carbocycles. The van der Waals surface area contributed by atoms with Gasteiger partial charge >= 0.3 is 0 Å². The smallest absolute Gasteiger partial charge is 0.271 e. The van der Waals surface area contributed by atoms with Crippen LogP contribution >= 0.6 is 11.6 Å². The molecule has 0 radical (unpaired) electrons. The summed E-state index contributed by atoms with van der Waals surface area (Å²) in [5.41, 5.74) is 6.43. The molecule has 0 saturated heterocycles. The summed E-state index contributed by atoms with van der Waals surface area (Å²) in [5, 5.41) is 4.66. The van der Waals surface area contributed by atoms with Crippen LogP contribution < -0.4 is 5.43 Å². The second-order valence-electron chi connectivity index (χ2n) is 6.04. The first-order valence-corrected chi connectivity index (χ1v) is 8.02. The molecular weight excluding hydrogens is 310 g/mol. The fraction of sp³-hybridized carbons (Fsp3) is 0.333. The van der Waals surface area contributed by atoms with Crippen LogP contribution in [0, 0.1) is 19.8 Å². The van der Waals surface area contributed by atoms with Gasteiger partial charge in [-0.15, -0.1) is 0 Å². The fourth-order valence-corrected chi connectivity index (χ4v) is 2.56. The Morgan fingerprint density at radius 1 is 1.30 bits per heavy atom. The molecule has 122 valence electrons. The molecule has 0 spiro atoms. The van der Waals surface area contributed by atoms with Crippen molar-refractivity contribution >= 4 is 23.7 Å². The SMILES string of the molecule is Cc1cc(C=NNC(=O)c2ccc(Cl)cc2)c(C)n1CC(C)C. The van der Waals surface area contributed by atoms with Gasteiger partial charge in [0.15, 0.2) is 0 Å². The van der Waals surface area contributed by atoms with E-state index in [0.717, 1.165) is 17.8 Å². The molecule has 5 heteroatoms. The van der Waals surface area contributed by atoms with Gasteiger partial charge in [-0.25, -0.2) is 5.43 Å². The van der Waals surface area contributed by atoms with Gasteiger partial charge in [-0.05, 0) is 50.1 Å². The van der Waals surface area contributed by atoms with E-state index in [2.05, 4.69) is 48.9 Å². The Labute approximate surface area is 142 Å². The van der Waals surface area contributed by atoms with Crippen molar-refractivity contribution in [3.63, 3.8) is 0 Å². The molecule has 0 atom stereocenters. The molecule has 2 rings (SSSR count). The fourth-order valence-electron chi connectivity index (χ4n) is 2.43. The van der Waals surface area contributed by atoms with Gasteiger partial charge in [0.25, 0.3) is 5.91 Å². The van der Waals surface area contributed by atoms with E-state index in [1.165, 1.54) is 5.69 Å². The van der Waals surface area contributed by atoms with Crippen molar-refractivity contribution < 1.29 is 4.79 Å². The molecular formula is C18H22ClN3O. The van der Waals surface area contributed by atoms with E-state index in [4.69, 9.17) is 11.6 Å². The maximum absolute atomic E-state index is 12.0. The van der Waals surface area contributed by atoms with Gasteiger partial charge in [0.1, 0.15) is 0 Å². The molecule has 0 unspecified atom stereocenters. The highest BCUT2D eigenvalue weighted by Crippen LogP contribution is 2.15. The third-order valence-corrected chi connectivity index (χ3v) is 3.89. The van der Waals surface area contributed by atoms with E-state index in [1.54, 1.807) is 30.5 Å².